The van der Waals surface area contributed by atoms with Gasteiger partial charge in [-0.3, -0.25) is 4.79 Å². The van der Waals surface area contributed by atoms with Crippen LogP contribution in [0.25, 0.3) is 0 Å². The average molecular weight is 402 g/mol. The second-order valence-corrected chi connectivity index (χ2v) is 9.24. The number of rotatable bonds is 6. The second kappa shape index (κ2) is 7.40. The molecule has 1 amide bonds. The van der Waals surface area contributed by atoms with E-state index in [0.29, 0.717) is 48.4 Å². The van der Waals surface area contributed by atoms with Crippen molar-refractivity contribution in [1.29, 1.82) is 0 Å². The fourth-order valence-electron chi connectivity index (χ4n) is 6.12. The van der Waals surface area contributed by atoms with Crippen LogP contribution in [0.15, 0.2) is 6.20 Å². The molecule has 29 heavy (non-hydrogen) atoms. The van der Waals surface area contributed by atoms with E-state index >= 15 is 0 Å². The van der Waals surface area contributed by atoms with E-state index in [9.17, 15) is 9.90 Å². The molecule has 5 aliphatic rings. The number of anilines is 1. The average Bonchev–Trinajstić information content (AvgIpc) is 3.17. The molecule has 3 atom stereocenters. The summed E-state index contributed by atoms with van der Waals surface area (Å²) in [6.07, 6.45) is 7.19. The van der Waals surface area contributed by atoms with E-state index in [4.69, 9.17) is 9.47 Å². The summed E-state index contributed by atoms with van der Waals surface area (Å²) in [7, 11) is 0. The Balaban J connectivity index is 1.31. The number of aliphatic hydroxyl groups is 1. The van der Waals surface area contributed by atoms with Gasteiger partial charge in [-0.2, -0.15) is 4.98 Å². The molecule has 2 unspecified atom stereocenters. The number of ether oxygens (including phenoxy) is 2. The second-order valence-electron chi connectivity index (χ2n) is 9.24. The zero-order valence-electron chi connectivity index (χ0n) is 16.9. The van der Waals surface area contributed by atoms with Gasteiger partial charge >= 0.3 is 0 Å². The summed E-state index contributed by atoms with van der Waals surface area (Å²) >= 11 is 0. The van der Waals surface area contributed by atoms with Crippen LogP contribution >= 0.6 is 0 Å². The molecule has 0 radical (unpaired) electrons. The molecule has 4 aliphatic carbocycles. The molecular formula is C21H30N4O4. The summed E-state index contributed by atoms with van der Waals surface area (Å²) in [6, 6.07) is 0.297. The number of carbonyl (C=O) groups excluding carboxylic acids is 1. The molecule has 8 heteroatoms. The summed E-state index contributed by atoms with van der Waals surface area (Å²) in [5, 5.41) is 17.2. The molecule has 2 heterocycles. The van der Waals surface area contributed by atoms with E-state index in [0.717, 1.165) is 45.1 Å². The minimum atomic E-state index is -0.505. The van der Waals surface area contributed by atoms with Crippen molar-refractivity contribution in [3.8, 4) is 5.88 Å². The van der Waals surface area contributed by atoms with Crippen LogP contribution in [0.2, 0.25) is 0 Å². The number of hydrogen-bond acceptors (Lipinski definition) is 7. The van der Waals surface area contributed by atoms with Crippen molar-refractivity contribution in [3.63, 3.8) is 0 Å². The Morgan fingerprint density at radius 3 is 2.79 bits per heavy atom. The molecule has 0 spiro atoms. The standard InChI is InChI=1S/C21H30N4O4/c1-2-29-19-16(10-22-20(25-19)23-15-3-4-28-11-15)18(26)24-17-13-5-12-6-14(17)9-21(27,7-12)8-13/h10,12-15,17,27H,2-9,11H2,1H3,(H,24,26)(H,22,23,25)/t12?,13?,14?,15-,17-,21+/m0/s1. The molecule has 1 aliphatic heterocycles. The SMILES string of the molecule is CCOc1nc(N[C@H]2CCOC2)ncc1C(=O)N[C@H]1C2CC3CC1C[C@@](O)(C3)C2. The Hall–Kier alpha value is -1.93. The van der Waals surface area contributed by atoms with Crippen molar-refractivity contribution in [1.82, 2.24) is 15.3 Å². The largest absolute Gasteiger partial charge is 0.477 e. The van der Waals surface area contributed by atoms with E-state index in [1.165, 1.54) is 0 Å². The van der Waals surface area contributed by atoms with Gasteiger partial charge in [0.15, 0.2) is 0 Å². The van der Waals surface area contributed by atoms with Crippen molar-refractivity contribution in [2.24, 2.45) is 17.8 Å². The van der Waals surface area contributed by atoms with Gasteiger partial charge in [0, 0.05) is 18.8 Å². The van der Waals surface area contributed by atoms with Crippen molar-refractivity contribution >= 4 is 11.9 Å². The predicted molar refractivity (Wildman–Crippen MR) is 106 cm³/mol. The Labute approximate surface area is 170 Å². The lowest BCUT2D eigenvalue weighted by Crippen LogP contribution is -2.61. The normalized spacial score (nSPS) is 37.5. The van der Waals surface area contributed by atoms with E-state index in [2.05, 4.69) is 20.6 Å². The van der Waals surface area contributed by atoms with E-state index in [-0.39, 0.29) is 18.0 Å². The maximum atomic E-state index is 13.1. The Bertz CT molecular complexity index is 766. The molecule has 4 bridgehead atoms. The van der Waals surface area contributed by atoms with Gasteiger partial charge in [0.25, 0.3) is 5.91 Å². The molecule has 4 saturated carbocycles. The molecule has 5 fully saturated rings. The van der Waals surface area contributed by atoms with Gasteiger partial charge in [-0.1, -0.05) is 0 Å². The lowest BCUT2D eigenvalue weighted by atomic mass is 9.52. The molecule has 1 saturated heterocycles. The van der Waals surface area contributed by atoms with Crippen molar-refractivity contribution in [2.75, 3.05) is 25.1 Å². The number of nitrogens with zero attached hydrogens (tertiary/aromatic N) is 2. The third-order valence-corrected chi connectivity index (χ3v) is 7.08. The van der Waals surface area contributed by atoms with Gasteiger partial charge in [0.2, 0.25) is 11.8 Å². The molecule has 8 nitrogen and oxygen atoms in total. The third kappa shape index (κ3) is 3.68. The number of nitrogens with one attached hydrogen (secondary N) is 2. The molecule has 158 valence electrons. The summed E-state index contributed by atoms with van der Waals surface area (Å²) in [6.45, 7) is 3.66. The van der Waals surface area contributed by atoms with Crippen LogP contribution in [0.3, 0.4) is 0 Å². The lowest BCUT2D eigenvalue weighted by molar-refractivity contribution is -0.136. The topological polar surface area (TPSA) is 106 Å². The molecule has 6 rings (SSSR count). The van der Waals surface area contributed by atoms with Crippen LogP contribution in [0, 0.1) is 17.8 Å². The molecular weight excluding hydrogens is 372 g/mol. The number of hydrogen-bond donors (Lipinski definition) is 3. The Morgan fingerprint density at radius 2 is 2.14 bits per heavy atom. The van der Waals surface area contributed by atoms with Gasteiger partial charge in [0.1, 0.15) is 5.56 Å². The van der Waals surface area contributed by atoms with Gasteiger partial charge in [-0.15, -0.1) is 0 Å². The van der Waals surface area contributed by atoms with Gasteiger partial charge in [-0.05, 0) is 63.2 Å². The maximum absolute atomic E-state index is 13.1. The first-order valence-electron chi connectivity index (χ1n) is 10.9. The quantitative estimate of drug-likeness (QED) is 0.666. The monoisotopic (exact) mass is 402 g/mol. The first-order valence-corrected chi connectivity index (χ1v) is 10.9. The van der Waals surface area contributed by atoms with Crippen LogP contribution in [-0.2, 0) is 4.74 Å². The zero-order valence-corrected chi connectivity index (χ0v) is 16.9. The van der Waals surface area contributed by atoms with Crippen LogP contribution in [0.4, 0.5) is 5.95 Å². The number of carbonyl (C=O) groups is 1. The van der Waals surface area contributed by atoms with Crippen LogP contribution in [-0.4, -0.2) is 58.5 Å². The highest BCUT2D eigenvalue weighted by Crippen LogP contribution is 2.55. The van der Waals surface area contributed by atoms with E-state index in [1.54, 1.807) is 6.20 Å². The number of amides is 1. The summed E-state index contributed by atoms with van der Waals surface area (Å²) < 4.78 is 11.0. The molecule has 1 aromatic heterocycles. The lowest BCUT2D eigenvalue weighted by Gasteiger charge is -2.58. The molecule has 1 aromatic rings. The van der Waals surface area contributed by atoms with E-state index < -0.39 is 5.60 Å². The first kappa shape index (κ1) is 19.1. The molecule has 0 aromatic carbocycles. The van der Waals surface area contributed by atoms with Crippen LogP contribution in [0.5, 0.6) is 5.88 Å². The summed E-state index contributed by atoms with van der Waals surface area (Å²) in [4.78, 5) is 21.9. The van der Waals surface area contributed by atoms with E-state index in [1.807, 2.05) is 6.92 Å². The fourth-order valence-corrected chi connectivity index (χ4v) is 6.12. The van der Waals surface area contributed by atoms with Crippen molar-refractivity contribution < 1.29 is 19.4 Å². The maximum Gasteiger partial charge on any atom is 0.258 e. The van der Waals surface area contributed by atoms with Gasteiger partial charge in [-0.25, -0.2) is 4.98 Å². The minimum Gasteiger partial charge on any atom is -0.477 e. The van der Waals surface area contributed by atoms with Gasteiger partial charge in [0.05, 0.1) is 24.9 Å². The first-order chi connectivity index (χ1) is 14.0. The smallest absolute Gasteiger partial charge is 0.258 e. The third-order valence-electron chi connectivity index (χ3n) is 7.08. The molecule has 3 N–H and O–H groups in total. The fraction of sp³-hybridized carbons (Fsp3) is 0.762. The van der Waals surface area contributed by atoms with Crippen molar-refractivity contribution in [3.05, 3.63) is 11.8 Å². The predicted octanol–water partition coefficient (Wildman–Crippen LogP) is 1.75. The summed E-state index contributed by atoms with van der Waals surface area (Å²) in [5.41, 5.74) is -0.137. The van der Waals surface area contributed by atoms with Crippen molar-refractivity contribution in [2.45, 2.75) is 63.1 Å². The highest BCUT2D eigenvalue weighted by molar-refractivity contribution is 5.96. The Kier molecular flexibility index (Phi) is 4.86. The van der Waals surface area contributed by atoms with Crippen LogP contribution in [0.1, 0.15) is 55.8 Å². The Morgan fingerprint density at radius 1 is 1.34 bits per heavy atom. The number of aromatic nitrogens is 2. The zero-order chi connectivity index (χ0) is 20.0. The highest BCUT2D eigenvalue weighted by Gasteiger charge is 2.55. The highest BCUT2D eigenvalue weighted by atomic mass is 16.5. The van der Waals surface area contributed by atoms with Crippen LogP contribution < -0.4 is 15.4 Å². The summed E-state index contributed by atoms with van der Waals surface area (Å²) in [5.74, 6) is 1.90. The van der Waals surface area contributed by atoms with Gasteiger partial charge < -0.3 is 25.2 Å². The minimum absolute atomic E-state index is 0.113.